The summed E-state index contributed by atoms with van der Waals surface area (Å²) in [6.07, 6.45) is 6.07. The molecule has 1 fully saturated rings. The van der Waals surface area contributed by atoms with Crippen molar-refractivity contribution in [2.45, 2.75) is 19.3 Å². The highest BCUT2D eigenvalue weighted by molar-refractivity contribution is 5.78. The van der Waals surface area contributed by atoms with Gasteiger partial charge in [-0.1, -0.05) is 36.4 Å². The number of hydrogen-bond donors (Lipinski definition) is 1. The molecule has 2 aromatic carbocycles. The number of nitrogens with zero attached hydrogens (tertiary/aromatic N) is 1. The minimum absolute atomic E-state index is 1.21. The van der Waals surface area contributed by atoms with Crippen LogP contribution in [0.3, 0.4) is 0 Å². The number of aromatic nitrogens is 1. The molecule has 2 heterocycles. The first-order chi connectivity index (χ1) is 10.4. The molecule has 2 nitrogen and oxygen atoms in total. The molecular formula is C19H22N2. The van der Waals surface area contributed by atoms with E-state index in [2.05, 4.69) is 58.4 Å². The van der Waals surface area contributed by atoms with Crippen molar-refractivity contribution in [3.05, 3.63) is 66.9 Å². The zero-order valence-electron chi connectivity index (χ0n) is 12.3. The highest BCUT2D eigenvalue weighted by atomic mass is 15.1. The molecule has 0 atom stereocenters. The molecule has 0 aliphatic carbocycles. The SMILES string of the molecule is c1ccc(N2CCCCC2)cc1.c1ccc2[nH]ccc2c1. The van der Waals surface area contributed by atoms with Crippen molar-refractivity contribution in [1.82, 2.24) is 4.98 Å². The van der Waals surface area contributed by atoms with Crippen LogP contribution in [0.25, 0.3) is 10.9 Å². The summed E-state index contributed by atoms with van der Waals surface area (Å²) in [4.78, 5) is 5.60. The van der Waals surface area contributed by atoms with Gasteiger partial charge in [0.25, 0.3) is 0 Å². The van der Waals surface area contributed by atoms with Gasteiger partial charge in [-0.2, -0.15) is 0 Å². The maximum absolute atomic E-state index is 3.12. The molecule has 0 amide bonds. The average molecular weight is 278 g/mol. The van der Waals surface area contributed by atoms with Gasteiger partial charge in [0.2, 0.25) is 0 Å². The second-order valence-corrected chi connectivity index (χ2v) is 5.45. The first kappa shape index (κ1) is 13.7. The summed E-state index contributed by atoms with van der Waals surface area (Å²) in [6, 6.07) is 21.0. The lowest BCUT2D eigenvalue weighted by Gasteiger charge is -2.28. The monoisotopic (exact) mass is 278 g/mol. The summed E-state index contributed by atoms with van der Waals surface area (Å²) in [5.74, 6) is 0. The van der Waals surface area contributed by atoms with E-state index in [1.807, 2.05) is 18.3 Å². The molecule has 1 aliphatic rings. The van der Waals surface area contributed by atoms with Crippen LogP contribution in [0, 0.1) is 0 Å². The number of hydrogen-bond acceptors (Lipinski definition) is 1. The first-order valence-corrected chi connectivity index (χ1v) is 7.75. The van der Waals surface area contributed by atoms with E-state index in [0.29, 0.717) is 0 Å². The third-order valence-corrected chi connectivity index (χ3v) is 3.94. The number of anilines is 1. The fraction of sp³-hybridized carbons (Fsp3) is 0.263. The number of aromatic amines is 1. The topological polar surface area (TPSA) is 19.0 Å². The van der Waals surface area contributed by atoms with E-state index in [0.717, 1.165) is 0 Å². The molecule has 4 rings (SSSR count). The number of H-pyrrole nitrogens is 1. The van der Waals surface area contributed by atoms with E-state index in [1.165, 1.54) is 48.9 Å². The van der Waals surface area contributed by atoms with E-state index in [4.69, 9.17) is 0 Å². The van der Waals surface area contributed by atoms with E-state index < -0.39 is 0 Å². The van der Waals surface area contributed by atoms with Crippen LogP contribution in [0.1, 0.15) is 19.3 Å². The largest absolute Gasteiger partial charge is 0.372 e. The molecule has 3 aromatic rings. The third-order valence-electron chi connectivity index (χ3n) is 3.94. The summed E-state index contributed by atoms with van der Waals surface area (Å²) in [5, 5.41) is 1.28. The number of para-hydroxylation sites is 2. The predicted octanol–water partition coefficient (Wildman–Crippen LogP) is 4.84. The predicted molar refractivity (Wildman–Crippen MR) is 90.8 cm³/mol. The Bertz CT molecular complexity index is 621. The molecule has 1 N–H and O–H groups in total. The summed E-state index contributed by atoms with van der Waals surface area (Å²) in [6.45, 7) is 2.48. The Morgan fingerprint density at radius 2 is 1.43 bits per heavy atom. The number of fused-ring (bicyclic) bond motifs is 1. The Labute approximate surface area is 126 Å². The van der Waals surface area contributed by atoms with Crippen molar-refractivity contribution in [3.63, 3.8) is 0 Å². The molecule has 2 heteroatoms. The lowest BCUT2D eigenvalue weighted by atomic mass is 10.1. The van der Waals surface area contributed by atoms with Gasteiger partial charge in [-0.3, -0.25) is 0 Å². The second-order valence-electron chi connectivity index (χ2n) is 5.45. The summed E-state index contributed by atoms with van der Waals surface area (Å²) in [7, 11) is 0. The Hall–Kier alpha value is -2.22. The minimum atomic E-state index is 1.21. The summed E-state index contributed by atoms with van der Waals surface area (Å²) < 4.78 is 0. The van der Waals surface area contributed by atoms with Crippen LogP contribution < -0.4 is 4.90 Å². The Morgan fingerprint density at radius 1 is 0.714 bits per heavy atom. The van der Waals surface area contributed by atoms with E-state index in [1.54, 1.807) is 0 Å². The molecule has 0 unspecified atom stereocenters. The van der Waals surface area contributed by atoms with Gasteiger partial charge in [0.1, 0.15) is 0 Å². The number of piperidine rings is 1. The quantitative estimate of drug-likeness (QED) is 0.674. The van der Waals surface area contributed by atoms with Crippen molar-refractivity contribution in [3.8, 4) is 0 Å². The maximum Gasteiger partial charge on any atom is 0.0453 e. The number of benzene rings is 2. The van der Waals surface area contributed by atoms with Gasteiger partial charge in [-0.05, 0) is 48.9 Å². The lowest BCUT2D eigenvalue weighted by molar-refractivity contribution is 0.578. The molecule has 0 bridgehead atoms. The van der Waals surface area contributed by atoms with E-state index in [9.17, 15) is 0 Å². The Balaban J connectivity index is 0.000000131. The Kier molecular flexibility index (Phi) is 4.57. The van der Waals surface area contributed by atoms with Gasteiger partial charge in [-0.15, -0.1) is 0 Å². The minimum Gasteiger partial charge on any atom is -0.372 e. The molecule has 21 heavy (non-hydrogen) atoms. The molecule has 1 aliphatic heterocycles. The van der Waals surface area contributed by atoms with Gasteiger partial charge in [0, 0.05) is 30.5 Å². The highest BCUT2D eigenvalue weighted by Gasteiger charge is 2.09. The normalized spacial score (nSPS) is 14.6. The van der Waals surface area contributed by atoms with Crippen LogP contribution in [0.4, 0.5) is 5.69 Å². The van der Waals surface area contributed by atoms with E-state index >= 15 is 0 Å². The van der Waals surface area contributed by atoms with Gasteiger partial charge in [0.05, 0.1) is 0 Å². The number of nitrogens with one attached hydrogen (secondary N) is 1. The summed E-state index contributed by atoms with van der Waals surface area (Å²) in [5.41, 5.74) is 2.59. The molecule has 1 saturated heterocycles. The molecule has 0 radical (unpaired) electrons. The second kappa shape index (κ2) is 6.98. The van der Waals surface area contributed by atoms with Gasteiger partial charge < -0.3 is 9.88 Å². The maximum atomic E-state index is 3.12. The molecule has 0 saturated carbocycles. The fourth-order valence-corrected chi connectivity index (χ4v) is 2.79. The number of rotatable bonds is 1. The molecule has 0 spiro atoms. The fourth-order valence-electron chi connectivity index (χ4n) is 2.79. The van der Waals surface area contributed by atoms with Gasteiger partial charge in [-0.25, -0.2) is 0 Å². The van der Waals surface area contributed by atoms with Crippen LogP contribution in [0.2, 0.25) is 0 Å². The van der Waals surface area contributed by atoms with Crippen LogP contribution in [-0.4, -0.2) is 18.1 Å². The van der Waals surface area contributed by atoms with Crippen LogP contribution in [-0.2, 0) is 0 Å². The van der Waals surface area contributed by atoms with Crippen molar-refractivity contribution < 1.29 is 0 Å². The highest BCUT2D eigenvalue weighted by Crippen LogP contribution is 2.18. The smallest absolute Gasteiger partial charge is 0.0453 e. The van der Waals surface area contributed by atoms with Crippen molar-refractivity contribution in [1.29, 1.82) is 0 Å². The standard InChI is InChI=1S/C11H15N.C8H7N/c1-3-7-11(8-4-1)12-9-5-2-6-10-12;1-2-4-8-7(3-1)5-6-9-8/h1,3-4,7-8H,2,5-6,9-10H2;1-6,9H. The first-order valence-electron chi connectivity index (χ1n) is 7.75. The summed E-state index contributed by atoms with van der Waals surface area (Å²) >= 11 is 0. The van der Waals surface area contributed by atoms with Crippen molar-refractivity contribution >= 4 is 16.6 Å². The van der Waals surface area contributed by atoms with E-state index in [-0.39, 0.29) is 0 Å². The molecule has 108 valence electrons. The van der Waals surface area contributed by atoms with Crippen LogP contribution in [0.5, 0.6) is 0 Å². The molecular weight excluding hydrogens is 256 g/mol. The average Bonchev–Trinajstić information content (AvgIpc) is 3.06. The van der Waals surface area contributed by atoms with Crippen molar-refractivity contribution in [2.24, 2.45) is 0 Å². The lowest BCUT2D eigenvalue weighted by Crippen LogP contribution is -2.29. The van der Waals surface area contributed by atoms with Gasteiger partial charge in [0.15, 0.2) is 0 Å². The van der Waals surface area contributed by atoms with Crippen LogP contribution >= 0.6 is 0 Å². The third kappa shape index (κ3) is 3.66. The Morgan fingerprint density at radius 3 is 2.19 bits per heavy atom. The zero-order chi connectivity index (χ0) is 14.3. The van der Waals surface area contributed by atoms with Gasteiger partial charge >= 0.3 is 0 Å². The molecule has 1 aromatic heterocycles. The van der Waals surface area contributed by atoms with Crippen LogP contribution in [0.15, 0.2) is 66.9 Å². The van der Waals surface area contributed by atoms with Crippen molar-refractivity contribution in [2.75, 3.05) is 18.0 Å². The zero-order valence-corrected chi connectivity index (χ0v) is 12.3.